The van der Waals surface area contributed by atoms with Crippen molar-refractivity contribution in [3.8, 4) is 0 Å². The summed E-state index contributed by atoms with van der Waals surface area (Å²) >= 11 is 0. The van der Waals surface area contributed by atoms with Gasteiger partial charge in [0.2, 0.25) is 5.79 Å². The molecular weight excluding hydrogens is 283 g/mol. The number of hydrogen-bond donors (Lipinski definition) is 1. The van der Waals surface area contributed by atoms with E-state index in [-0.39, 0.29) is 31.1 Å². The molecule has 0 spiro atoms. The molecule has 1 N–H and O–H groups in total. The highest BCUT2D eigenvalue weighted by Crippen LogP contribution is 2.33. The molecule has 1 unspecified atom stereocenters. The van der Waals surface area contributed by atoms with E-state index in [9.17, 15) is 18.3 Å². The number of ether oxygens (including phenoxy) is 1. The number of β-amino-alcohol motifs (C(OH)–C–C–N with tert-alkyl or cyclic N) is 1. The Morgan fingerprint density at radius 1 is 1.37 bits per heavy atom. The van der Waals surface area contributed by atoms with Gasteiger partial charge in [-0.1, -0.05) is 12.1 Å². The molecule has 1 aliphatic rings. The van der Waals surface area contributed by atoms with Crippen LogP contribution in [0.4, 0.5) is 13.2 Å². The van der Waals surface area contributed by atoms with E-state index >= 15 is 0 Å². The predicted octanol–water partition coefficient (Wildman–Crippen LogP) is 2.23. The zero-order valence-corrected chi connectivity index (χ0v) is 11.1. The molecule has 2 rings (SSSR count). The number of benzene rings is 1. The second-order valence-corrected chi connectivity index (χ2v) is 4.45. The van der Waals surface area contributed by atoms with Crippen LogP contribution in [-0.2, 0) is 16.7 Å². The lowest BCUT2D eigenvalue weighted by Crippen LogP contribution is -2.48. The van der Waals surface area contributed by atoms with Crippen LogP contribution in [0.2, 0.25) is 0 Å². The molecule has 0 amide bonds. The van der Waals surface area contributed by atoms with Crippen molar-refractivity contribution < 1.29 is 23.0 Å². The third-order valence-electron chi connectivity index (χ3n) is 2.94. The first kappa shape index (κ1) is 16.2. The molecule has 0 aromatic heterocycles. The minimum absolute atomic E-state index is 0. The van der Waals surface area contributed by atoms with Gasteiger partial charge >= 0.3 is 6.18 Å². The molecule has 1 aliphatic heterocycles. The molecule has 1 atom stereocenters. The number of aliphatic hydroxyl groups is 1. The molecule has 0 radical (unpaired) electrons. The highest BCUT2D eigenvalue weighted by Gasteiger charge is 2.37. The Labute approximate surface area is 115 Å². The monoisotopic (exact) mass is 297 g/mol. The Morgan fingerprint density at radius 2 is 2.05 bits per heavy atom. The average Bonchev–Trinajstić information content (AvgIpc) is 2.28. The lowest BCUT2D eigenvalue weighted by atomic mass is 10.0. The number of alkyl halides is 3. The maximum absolute atomic E-state index is 12.6. The molecule has 108 valence electrons. The van der Waals surface area contributed by atoms with Crippen LogP contribution in [0.3, 0.4) is 0 Å². The minimum atomic E-state index is -4.42. The van der Waals surface area contributed by atoms with Crippen LogP contribution < -0.4 is 0 Å². The Bertz CT molecular complexity index is 441. The Hall–Kier alpha value is -0.820. The van der Waals surface area contributed by atoms with Crippen molar-refractivity contribution >= 4 is 12.4 Å². The number of halogens is 4. The predicted molar refractivity (Wildman–Crippen MR) is 66.0 cm³/mol. The van der Waals surface area contributed by atoms with Crippen molar-refractivity contribution in [3.63, 3.8) is 0 Å². The fraction of sp³-hybridized carbons (Fsp3) is 0.500. The summed E-state index contributed by atoms with van der Waals surface area (Å²) in [5, 5.41) is 10.3. The first-order chi connectivity index (χ1) is 8.31. The summed E-state index contributed by atoms with van der Waals surface area (Å²) in [6, 6.07) is 4.61. The van der Waals surface area contributed by atoms with Crippen LogP contribution in [0.1, 0.15) is 11.1 Å². The zero-order chi connectivity index (χ0) is 13.4. The van der Waals surface area contributed by atoms with E-state index in [1.807, 2.05) is 4.90 Å². The number of hydrogen-bond acceptors (Lipinski definition) is 3. The van der Waals surface area contributed by atoms with E-state index in [0.717, 1.165) is 12.1 Å². The standard InChI is InChI=1S/C12H14F3NO2.ClH/c1-16-5-6-18-11(17,8-16)9-3-2-4-10(7-9)12(13,14)15;/h2-4,7,17H,5-6,8H2,1H3;1H. The van der Waals surface area contributed by atoms with Crippen LogP contribution in [0.25, 0.3) is 0 Å². The summed E-state index contributed by atoms with van der Waals surface area (Å²) in [6.45, 7) is 1.07. The van der Waals surface area contributed by atoms with Crippen LogP contribution in [0, 0.1) is 0 Å². The van der Waals surface area contributed by atoms with Crippen molar-refractivity contribution in [2.45, 2.75) is 12.0 Å². The molecule has 1 aromatic rings. The highest BCUT2D eigenvalue weighted by atomic mass is 35.5. The van der Waals surface area contributed by atoms with Crippen molar-refractivity contribution in [1.29, 1.82) is 0 Å². The van der Waals surface area contributed by atoms with E-state index in [0.29, 0.717) is 6.54 Å². The quantitative estimate of drug-likeness (QED) is 0.863. The van der Waals surface area contributed by atoms with Gasteiger partial charge in [0.25, 0.3) is 0 Å². The van der Waals surface area contributed by atoms with Gasteiger partial charge in [0.15, 0.2) is 0 Å². The molecule has 0 saturated carbocycles. The van der Waals surface area contributed by atoms with Gasteiger partial charge in [-0.15, -0.1) is 12.4 Å². The number of likely N-dealkylation sites (N-methyl/N-ethyl adjacent to an activating group) is 1. The van der Waals surface area contributed by atoms with Crippen molar-refractivity contribution in [2.24, 2.45) is 0 Å². The van der Waals surface area contributed by atoms with Crippen molar-refractivity contribution in [2.75, 3.05) is 26.7 Å². The molecular formula is C12H15ClF3NO2. The summed E-state index contributed by atoms with van der Waals surface area (Å²) in [7, 11) is 1.78. The topological polar surface area (TPSA) is 32.7 Å². The molecule has 0 aliphatic carbocycles. The molecule has 1 heterocycles. The van der Waals surface area contributed by atoms with E-state index in [1.165, 1.54) is 12.1 Å². The summed E-state index contributed by atoms with van der Waals surface area (Å²) < 4.78 is 43.0. The normalized spacial score (nSPS) is 24.9. The molecule has 1 fully saturated rings. The smallest absolute Gasteiger partial charge is 0.361 e. The van der Waals surface area contributed by atoms with Crippen molar-refractivity contribution in [1.82, 2.24) is 4.90 Å². The molecule has 1 saturated heterocycles. The second-order valence-electron chi connectivity index (χ2n) is 4.45. The maximum Gasteiger partial charge on any atom is 0.416 e. The Morgan fingerprint density at radius 3 is 2.63 bits per heavy atom. The van der Waals surface area contributed by atoms with E-state index in [4.69, 9.17) is 4.74 Å². The lowest BCUT2D eigenvalue weighted by Gasteiger charge is -2.37. The summed E-state index contributed by atoms with van der Waals surface area (Å²) in [4.78, 5) is 1.81. The SMILES string of the molecule is CN1CCOC(O)(c2cccc(C(F)(F)F)c2)C1.Cl. The van der Waals surface area contributed by atoms with Gasteiger partial charge in [-0.25, -0.2) is 0 Å². The Balaban J connectivity index is 0.00000180. The number of nitrogens with zero attached hydrogens (tertiary/aromatic N) is 1. The molecule has 1 aromatic carbocycles. The van der Waals surface area contributed by atoms with Crippen LogP contribution in [0.15, 0.2) is 24.3 Å². The molecule has 3 nitrogen and oxygen atoms in total. The van der Waals surface area contributed by atoms with Crippen LogP contribution in [0.5, 0.6) is 0 Å². The first-order valence-electron chi connectivity index (χ1n) is 5.54. The van der Waals surface area contributed by atoms with Gasteiger partial charge in [0.1, 0.15) is 0 Å². The second kappa shape index (κ2) is 5.66. The Kier molecular flexibility index (Phi) is 4.84. The van der Waals surface area contributed by atoms with Gasteiger partial charge in [0.05, 0.1) is 18.7 Å². The van der Waals surface area contributed by atoms with Gasteiger partial charge in [-0.2, -0.15) is 13.2 Å². The van der Waals surface area contributed by atoms with Crippen LogP contribution in [-0.4, -0.2) is 36.8 Å². The van der Waals surface area contributed by atoms with E-state index in [2.05, 4.69) is 0 Å². The van der Waals surface area contributed by atoms with Crippen LogP contribution >= 0.6 is 12.4 Å². The maximum atomic E-state index is 12.6. The molecule has 19 heavy (non-hydrogen) atoms. The van der Waals surface area contributed by atoms with Gasteiger partial charge in [-0.3, -0.25) is 4.90 Å². The number of rotatable bonds is 1. The van der Waals surface area contributed by atoms with Gasteiger partial charge in [0, 0.05) is 12.1 Å². The van der Waals surface area contributed by atoms with Gasteiger partial charge < -0.3 is 9.84 Å². The van der Waals surface area contributed by atoms with Crippen molar-refractivity contribution in [3.05, 3.63) is 35.4 Å². The van der Waals surface area contributed by atoms with E-state index in [1.54, 1.807) is 7.05 Å². The fourth-order valence-electron chi connectivity index (χ4n) is 1.97. The van der Waals surface area contributed by atoms with Gasteiger partial charge in [-0.05, 0) is 19.2 Å². The lowest BCUT2D eigenvalue weighted by molar-refractivity contribution is -0.245. The molecule has 7 heteroatoms. The van der Waals surface area contributed by atoms with E-state index < -0.39 is 17.5 Å². The first-order valence-corrected chi connectivity index (χ1v) is 5.54. The average molecular weight is 298 g/mol. The summed E-state index contributed by atoms with van der Waals surface area (Å²) in [5.74, 6) is -1.67. The summed E-state index contributed by atoms with van der Waals surface area (Å²) in [5.41, 5.74) is -0.658. The summed E-state index contributed by atoms with van der Waals surface area (Å²) in [6.07, 6.45) is -4.42. The third kappa shape index (κ3) is 3.60. The highest BCUT2D eigenvalue weighted by molar-refractivity contribution is 5.85. The zero-order valence-electron chi connectivity index (χ0n) is 10.3. The molecule has 0 bridgehead atoms. The largest absolute Gasteiger partial charge is 0.416 e. The minimum Gasteiger partial charge on any atom is -0.361 e. The third-order valence-corrected chi connectivity index (χ3v) is 2.94. The fourth-order valence-corrected chi connectivity index (χ4v) is 1.97. The number of morpholine rings is 1.